The fourth-order valence-corrected chi connectivity index (χ4v) is 4.29. The van der Waals surface area contributed by atoms with Gasteiger partial charge in [0.2, 0.25) is 0 Å². The second kappa shape index (κ2) is 6.91. The van der Waals surface area contributed by atoms with Crippen LogP contribution < -0.4 is 10.6 Å². The molecule has 0 fully saturated rings. The van der Waals surface area contributed by atoms with E-state index in [4.69, 9.17) is 0 Å². The summed E-state index contributed by atoms with van der Waals surface area (Å²) >= 11 is 0. The molecule has 0 radical (unpaired) electrons. The minimum atomic E-state index is -3.29. The number of hydrogen-bond acceptors (Lipinski definition) is 5. The average molecular weight is 376 g/mol. The third-order valence-electron chi connectivity index (χ3n) is 4.01. The molecule has 1 aromatic carbocycles. The summed E-state index contributed by atoms with van der Waals surface area (Å²) in [6, 6.07) is 7.43. The number of carbonyl (C=O) groups excluding carboxylic acids is 2. The number of fused-ring (bicyclic) bond motifs is 1. The summed E-state index contributed by atoms with van der Waals surface area (Å²) in [6.45, 7) is 4.18. The van der Waals surface area contributed by atoms with Gasteiger partial charge in [0.15, 0.2) is 9.84 Å². The normalized spacial score (nSPS) is 14.7. The number of sulfone groups is 1. The minimum Gasteiger partial charge on any atom is -0.348 e. The highest BCUT2D eigenvalue weighted by Crippen LogP contribution is 2.33. The molecule has 2 heterocycles. The Bertz CT molecular complexity index is 979. The first kappa shape index (κ1) is 18.1. The Labute approximate surface area is 151 Å². The average Bonchev–Trinajstić information content (AvgIpc) is 3.05. The molecule has 138 valence electrons. The molecule has 1 aliphatic rings. The van der Waals surface area contributed by atoms with Crippen LogP contribution in [0.4, 0.5) is 5.82 Å². The van der Waals surface area contributed by atoms with E-state index in [-0.39, 0.29) is 17.3 Å². The van der Waals surface area contributed by atoms with Crippen LogP contribution >= 0.6 is 0 Å². The van der Waals surface area contributed by atoms with E-state index in [9.17, 15) is 18.0 Å². The first-order valence-corrected chi connectivity index (χ1v) is 10.1. The molecule has 0 aliphatic carbocycles. The summed E-state index contributed by atoms with van der Waals surface area (Å²) in [7, 11) is -3.29. The monoisotopic (exact) mass is 376 g/mol. The van der Waals surface area contributed by atoms with Crippen molar-refractivity contribution >= 4 is 27.5 Å². The fraction of sp³-hybridized carbons (Fsp3) is 0.353. The predicted molar refractivity (Wildman–Crippen MR) is 96.6 cm³/mol. The lowest BCUT2D eigenvalue weighted by Gasteiger charge is -2.11. The number of aryl methyl sites for hydroxylation is 1. The Balaban J connectivity index is 1.99. The quantitative estimate of drug-likeness (QED) is 0.776. The van der Waals surface area contributed by atoms with Crippen molar-refractivity contribution < 1.29 is 18.0 Å². The molecule has 0 spiro atoms. The highest BCUT2D eigenvalue weighted by molar-refractivity contribution is 7.90. The van der Waals surface area contributed by atoms with Gasteiger partial charge in [-0.2, -0.15) is 5.10 Å². The van der Waals surface area contributed by atoms with E-state index in [2.05, 4.69) is 15.7 Å². The van der Waals surface area contributed by atoms with E-state index in [0.29, 0.717) is 29.9 Å². The zero-order valence-electron chi connectivity index (χ0n) is 14.6. The number of rotatable bonds is 4. The van der Waals surface area contributed by atoms with Gasteiger partial charge >= 0.3 is 11.8 Å². The van der Waals surface area contributed by atoms with Crippen molar-refractivity contribution in [1.29, 1.82) is 0 Å². The second-order valence-corrected chi connectivity index (χ2v) is 8.33. The molecular formula is C17H20N4O4S. The lowest BCUT2D eigenvalue weighted by Crippen LogP contribution is -2.36. The lowest BCUT2D eigenvalue weighted by molar-refractivity contribution is -0.136. The van der Waals surface area contributed by atoms with Crippen LogP contribution in [0, 0.1) is 6.92 Å². The van der Waals surface area contributed by atoms with Crippen LogP contribution in [0.5, 0.6) is 0 Å². The van der Waals surface area contributed by atoms with Crippen LogP contribution in [0.1, 0.15) is 30.2 Å². The summed E-state index contributed by atoms with van der Waals surface area (Å²) in [5, 5.41) is 9.40. The molecule has 0 saturated heterocycles. The van der Waals surface area contributed by atoms with Gasteiger partial charge in [0.05, 0.1) is 22.9 Å². The van der Waals surface area contributed by atoms with Gasteiger partial charge < -0.3 is 10.6 Å². The van der Waals surface area contributed by atoms with Crippen molar-refractivity contribution in [2.45, 2.75) is 31.8 Å². The SMILES string of the molecule is CCCNC(=O)C(=O)Nc1c2c(nn1-c1cccc(C)c1)CS(=O)(=O)C2. The molecule has 26 heavy (non-hydrogen) atoms. The van der Waals surface area contributed by atoms with Crippen LogP contribution in [0.3, 0.4) is 0 Å². The molecular weight excluding hydrogens is 356 g/mol. The van der Waals surface area contributed by atoms with Crippen molar-refractivity contribution in [2.75, 3.05) is 11.9 Å². The van der Waals surface area contributed by atoms with Crippen LogP contribution in [0.25, 0.3) is 5.69 Å². The van der Waals surface area contributed by atoms with Crippen LogP contribution in [0.15, 0.2) is 24.3 Å². The molecule has 2 aromatic rings. The molecule has 1 aromatic heterocycles. The molecule has 0 bridgehead atoms. The third-order valence-corrected chi connectivity index (χ3v) is 5.45. The van der Waals surface area contributed by atoms with E-state index in [1.807, 2.05) is 32.0 Å². The number of nitrogens with one attached hydrogen (secondary N) is 2. The minimum absolute atomic E-state index is 0.175. The van der Waals surface area contributed by atoms with E-state index < -0.39 is 21.7 Å². The maximum Gasteiger partial charge on any atom is 0.314 e. The van der Waals surface area contributed by atoms with Gasteiger partial charge in [0.1, 0.15) is 5.82 Å². The first-order chi connectivity index (χ1) is 12.3. The van der Waals surface area contributed by atoms with E-state index in [1.165, 1.54) is 4.68 Å². The number of aromatic nitrogens is 2. The number of nitrogens with zero attached hydrogens (tertiary/aromatic N) is 2. The highest BCUT2D eigenvalue weighted by atomic mass is 32.2. The van der Waals surface area contributed by atoms with E-state index in [0.717, 1.165) is 5.56 Å². The highest BCUT2D eigenvalue weighted by Gasteiger charge is 2.33. The Morgan fingerprint density at radius 1 is 1.23 bits per heavy atom. The zero-order chi connectivity index (χ0) is 18.9. The summed E-state index contributed by atoms with van der Waals surface area (Å²) in [4.78, 5) is 24.1. The van der Waals surface area contributed by atoms with Crippen molar-refractivity contribution in [1.82, 2.24) is 15.1 Å². The summed E-state index contributed by atoms with van der Waals surface area (Å²) < 4.78 is 25.3. The van der Waals surface area contributed by atoms with Gasteiger partial charge in [-0.3, -0.25) is 9.59 Å². The predicted octanol–water partition coefficient (Wildman–Crippen LogP) is 1.07. The van der Waals surface area contributed by atoms with Gasteiger partial charge in [-0.25, -0.2) is 13.1 Å². The molecule has 8 nitrogen and oxygen atoms in total. The van der Waals surface area contributed by atoms with Crippen LogP contribution in [-0.4, -0.2) is 36.6 Å². The largest absolute Gasteiger partial charge is 0.348 e. The van der Waals surface area contributed by atoms with Gasteiger partial charge in [-0.05, 0) is 31.0 Å². The number of benzene rings is 1. The van der Waals surface area contributed by atoms with Crippen molar-refractivity contribution in [3.63, 3.8) is 0 Å². The Kier molecular flexibility index (Phi) is 4.82. The molecule has 1 aliphatic heterocycles. The smallest absolute Gasteiger partial charge is 0.314 e. The number of amides is 2. The Hall–Kier alpha value is -2.68. The Morgan fingerprint density at radius 3 is 2.69 bits per heavy atom. The van der Waals surface area contributed by atoms with E-state index in [1.54, 1.807) is 6.07 Å². The van der Waals surface area contributed by atoms with Crippen molar-refractivity contribution in [3.8, 4) is 5.69 Å². The van der Waals surface area contributed by atoms with Crippen LogP contribution in [-0.2, 0) is 30.9 Å². The molecule has 9 heteroatoms. The van der Waals surface area contributed by atoms with E-state index >= 15 is 0 Å². The molecule has 2 N–H and O–H groups in total. The fourth-order valence-electron chi connectivity index (χ4n) is 2.80. The molecule has 2 amide bonds. The maximum absolute atomic E-state index is 12.2. The second-order valence-electron chi connectivity index (χ2n) is 6.27. The molecule has 3 rings (SSSR count). The number of carbonyl (C=O) groups is 2. The van der Waals surface area contributed by atoms with Gasteiger partial charge in [-0.1, -0.05) is 19.1 Å². The lowest BCUT2D eigenvalue weighted by atomic mass is 10.2. The molecule has 0 unspecified atom stereocenters. The van der Waals surface area contributed by atoms with Gasteiger partial charge in [0.25, 0.3) is 0 Å². The molecule has 0 atom stereocenters. The zero-order valence-corrected chi connectivity index (χ0v) is 15.4. The maximum atomic E-state index is 12.2. The third kappa shape index (κ3) is 3.62. The van der Waals surface area contributed by atoms with Crippen molar-refractivity contribution in [2.24, 2.45) is 0 Å². The summed E-state index contributed by atoms with van der Waals surface area (Å²) in [5.74, 6) is -1.77. The topological polar surface area (TPSA) is 110 Å². The summed E-state index contributed by atoms with van der Waals surface area (Å²) in [5.41, 5.74) is 2.50. The number of hydrogen-bond donors (Lipinski definition) is 2. The van der Waals surface area contributed by atoms with Crippen LogP contribution in [0.2, 0.25) is 0 Å². The van der Waals surface area contributed by atoms with Gasteiger partial charge in [-0.15, -0.1) is 0 Å². The Morgan fingerprint density at radius 2 is 2.00 bits per heavy atom. The molecule has 0 saturated carbocycles. The first-order valence-electron chi connectivity index (χ1n) is 8.28. The van der Waals surface area contributed by atoms with Gasteiger partial charge in [0, 0.05) is 12.1 Å². The number of anilines is 1. The van der Waals surface area contributed by atoms with Crippen molar-refractivity contribution in [3.05, 3.63) is 41.1 Å². The standard InChI is InChI=1S/C17H20N4O4S/c1-3-7-18-16(22)17(23)19-15-13-9-26(24,25)10-14(13)20-21(15)12-6-4-5-11(2)8-12/h4-6,8H,3,7,9-10H2,1-2H3,(H,18,22)(H,19,23). The summed E-state index contributed by atoms with van der Waals surface area (Å²) in [6.07, 6.45) is 0.702.